The zero-order chi connectivity index (χ0) is 13.3. The lowest BCUT2D eigenvalue weighted by Crippen LogP contribution is -2.31. The number of aromatic nitrogens is 2. The maximum atomic E-state index is 11.7. The van der Waals surface area contributed by atoms with Gasteiger partial charge in [0.05, 0.1) is 6.42 Å². The van der Waals surface area contributed by atoms with Gasteiger partial charge in [-0.3, -0.25) is 14.5 Å². The van der Waals surface area contributed by atoms with Crippen LogP contribution in [0.3, 0.4) is 0 Å². The summed E-state index contributed by atoms with van der Waals surface area (Å²) in [6.07, 6.45) is -0.0373. The Kier molecular flexibility index (Phi) is 3.58. The summed E-state index contributed by atoms with van der Waals surface area (Å²) in [7, 11) is 3.05. The molecule has 1 aromatic rings. The number of hydrogen-bond donors (Lipinski definition) is 1. The second-order valence-electron chi connectivity index (χ2n) is 4.03. The van der Waals surface area contributed by atoms with Crippen molar-refractivity contribution in [2.75, 3.05) is 19.5 Å². The summed E-state index contributed by atoms with van der Waals surface area (Å²) >= 11 is 1.15. The van der Waals surface area contributed by atoms with Gasteiger partial charge in [0, 0.05) is 25.7 Å². The van der Waals surface area contributed by atoms with Crippen LogP contribution in [0.2, 0.25) is 0 Å². The highest BCUT2D eigenvalue weighted by molar-refractivity contribution is 7.09. The molecule has 1 N–H and O–H groups in total. The Hall–Kier alpha value is -1.54. The van der Waals surface area contributed by atoms with E-state index in [1.165, 1.54) is 7.05 Å². The third kappa shape index (κ3) is 2.34. The van der Waals surface area contributed by atoms with Crippen molar-refractivity contribution in [1.82, 2.24) is 14.3 Å². The Balaban J connectivity index is 2.04. The molecule has 8 heteroatoms. The SMILES string of the molecule is COC(C)c1nsc(NC2CC(=O)N(C)C2=O)n1. The lowest BCUT2D eigenvalue weighted by molar-refractivity contribution is -0.136. The van der Waals surface area contributed by atoms with E-state index in [0.717, 1.165) is 16.4 Å². The second kappa shape index (κ2) is 4.99. The van der Waals surface area contributed by atoms with Crippen LogP contribution in [0.25, 0.3) is 0 Å². The second-order valence-corrected chi connectivity index (χ2v) is 4.78. The fraction of sp³-hybridized carbons (Fsp3) is 0.600. The number of likely N-dealkylation sites (N-methyl/N-ethyl adjacent to an activating group) is 1. The van der Waals surface area contributed by atoms with Gasteiger partial charge in [-0.25, -0.2) is 4.98 Å². The van der Waals surface area contributed by atoms with Gasteiger partial charge in [0.2, 0.25) is 11.0 Å². The molecule has 98 valence electrons. The summed E-state index contributed by atoms with van der Waals surface area (Å²) in [6.45, 7) is 1.84. The third-order valence-electron chi connectivity index (χ3n) is 2.84. The first kappa shape index (κ1) is 12.9. The van der Waals surface area contributed by atoms with E-state index in [-0.39, 0.29) is 24.3 Å². The minimum Gasteiger partial charge on any atom is -0.374 e. The summed E-state index contributed by atoms with van der Waals surface area (Å²) in [5.41, 5.74) is 0. The first-order valence-corrected chi connectivity index (χ1v) is 6.23. The van der Waals surface area contributed by atoms with E-state index in [4.69, 9.17) is 4.74 Å². The predicted octanol–water partition coefficient (Wildman–Crippen LogP) is 0.415. The largest absolute Gasteiger partial charge is 0.374 e. The molecule has 18 heavy (non-hydrogen) atoms. The number of nitrogens with one attached hydrogen (secondary N) is 1. The van der Waals surface area contributed by atoms with Crippen molar-refractivity contribution in [2.24, 2.45) is 0 Å². The summed E-state index contributed by atoms with van der Waals surface area (Å²) in [4.78, 5) is 28.4. The molecule has 2 heterocycles. The monoisotopic (exact) mass is 270 g/mol. The van der Waals surface area contributed by atoms with Gasteiger partial charge < -0.3 is 10.1 Å². The number of nitrogens with zero attached hydrogens (tertiary/aromatic N) is 3. The lowest BCUT2D eigenvalue weighted by Gasteiger charge is -2.09. The Labute approximate surface area is 108 Å². The first-order valence-electron chi connectivity index (χ1n) is 5.46. The van der Waals surface area contributed by atoms with Crippen LogP contribution in [0.15, 0.2) is 0 Å². The van der Waals surface area contributed by atoms with Crippen molar-refractivity contribution in [3.8, 4) is 0 Å². The smallest absolute Gasteiger partial charge is 0.251 e. The molecule has 1 aliphatic rings. The molecular weight excluding hydrogens is 256 g/mol. The quantitative estimate of drug-likeness (QED) is 0.798. The van der Waals surface area contributed by atoms with Crippen LogP contribution in [0.5, 0.6) is 0 Å². The predicted molar refractivity (Wildman–Crippen MR) is 65.1 cm³/mol. The van der Waals surface area contributed by atoms with Crippen molar-refractivity contribution in [3.05, 3.63) is 5.82 Å². The molecule has 1 aromatic heterocycles. The highest BCUT2D eigenvalue weighted by atomic mass is 32.1. The minimum absolute atomic E-state index is 0.157. The topological polar surface area (TPSA) is 84.4 Å². The molecule has 1 fully saturated rings. The fourth-order valence-electron chi connectivity index (χ4n) is 1.58. The van der Waals surface area contributed by atoms with Gasteiger partial charge in [-0.05, 0) is 6.92 Å². The van der Waals surface area contributed by atoms with Crippen molar-refractivity contribution in [1.29, 1.82) is 0 Å². The van der Waals surface area contributed by atoms with Gasteiger partial charge in [-0.15, -0.1) is 0 Å². The average molecular weight is 270 g/mol. The molecule has 0 bridgehead atoms. The summed E-state index contributed by atoms with van der Waals surface area (Å²) < 4.78 is 9.22. The zero-order valence-electron chi connectivity index (χ0n) is 10.3. The fourth-order valence-corrected chi connectivity index (χ4v) is 2.28. The van der Waals surface area contributed by atoms with Crippen LogP contribution in [0.1, 0.15) is 25.3 Å². The van der Waals surface area contributed by atoms with Gasteiger partial charge in [0.15, 0.2) is 5.82 Å². The first-order chi connectivity index (χ1) is 8.52. The van der Waals surface area contributed by atoms with Crippen LogP contribution < -0.4 is 5.32 Å². The molecule has 2 rings (SSSR count). The number of anilines is 1. The van der Waals surface area contributed by atoms with E-state index in [1.807, 2.05) is 6.92 Å². The van der Waals surface area contributed by atoms with E-state index in [0.29, 0.717) is 11.0 Å². The minimum atomic E-state index is -0.541. The number of methoxy groups -OCH3 is 1. The molecule has 7 nitrogen and oxygen atoms in total. The van der Waals surface area contributed by atoms with Crippen LogP contribution in [0.4, 0.5) is 5.13 Å². The van der Waals surface area contributed by atoms with E-state index < -0.39 is 6.04 Å². The summed E-state index contributed by atoms with van der Waals surface area (Å²) in [5, 5.41) is 3.45. The van der Waals surface area contributed by atoms with Crippen molar-refractivity contribution in [2.45, 2.75) is 25.5 Å². The maximum Gasteiger partial charge on any atom is 0.251 e. The standard InChI is InChI=1S/C10H14N4O3S/c1-5(17-3)8-12-10(18-13-8)11-6-4-7(15)14(2)9(6)16/h5-6H,4H2,1-3H3,(H,11,12,13). The van der Waals surface area contributed by atoms with E-state index >= 15 is 0 Å². The van der Waals surface area contributed by atoms with Crippen LogP contribution >= 0.6 is 11.5 Å². The molecule has 0 saturated carbocycles. The molecule has 2 atom stereocenters. The maximum absolute atomic E-state index is 11.7. The van der Waals surface area contributed by atoms with Crippen molar-refractivity contribution >= 4 is 28.5 Å². The molecule has 0 aliphatic carbocycles. The normalized spacial score (nSPS) is 21.5. The van der Waals surface area contributed by atoms with Crippen molar-refractivity contribution < 1.29 is 14.3 Å². The van der Waals surface area contributed by atoms with E-state index in [1.54, 1.807) is 7.11 Å². The molecular formula is C10H14N4O3S. The Morgan fingerprint density at radius 1 is 1.56 bits per heavy atom. The highest BCUT2D eigenvalue weighted by Crippen LogP contribution is 2.21. The molecule has 0 radical (unpaired) electrons. The summed E-state index contributed by atoms with van der Waals surface area (Å²) in [6, 6.07) is -0.541. The number of likely N-dealkylation sites (tertiary alicyclic amines) is 1. The van der Waals surface area contributed by atoms with Gasteiger partial charge in [0.25, 0.3) is 5.91 Å². The van der Waals surface area contributed by atoms with Gasteiger partial charge in [-0.1, -0.05) is 0 Å². The van der Waals surface area contributed by atoms with E-state index in [9.17, 15) is 9.59 Å². The van der Waals surface area contributed by atoms with Gasteiger partial charge in [0.1, 0.15) is 12.1 Å². The number of imide groups is 1. The van der Waals surface area contributed by atoms with Crippen LogP contribution in [0, 0.1) is 0 Å². The molecule has 1 saturated heterocycles. The lowest BCUT2D eigenvalue weighted by atomic mass is 10.2. The number of hydrogen-bond acceptors (Lipinski definition) is 7. The van der Waals surface area contributed by atoms with Crippen molar-refractivity contribution in [3.63, 3.8) is 0 Å². The summed E-state index contributed by atoms with van der Waals surface area (Å²) in [5.74, 6) is 0.138. The molecule has 2 amide bonds. The molecule has 1 aliphatic heterocycles. The van der Waals surface area contributed by atoms with Crippen LogP contribution in [-0.2, 0) is 14.3 Å². The third-order valence-corrected chi connectivity index (χ3v) is 3.50. The number of rotatable bonds is 4. The number of amides is 2. The molecule has 0 spiro atoms. The van der Waals surface area contributed by atoms with Crippen LogP contribution in [-0.4, -0.2) is 46.3 Å². The van der Waals surface area contributed by atoms with Gasteiger partial charge in [-0.2, -0.15) is 4.37 Å². The van der Waals surface area contributed by atoms with Gasteiger partial charge >= 0.3 is 0 Å². The number of carbonyl (C=O) groups is 2. The Morgan fingerprint density at radius 2 is 2.28 bits per heavy atom. The number of carbonyl (C=O) groups excluding carboxylic acids is 2. The Bertz CT molecular complexity index is 475. The average Bonchev–Trinajstić information content (AvgIpc) is 2.91. The van der Waals surface area contributed by atoms with E-state index in [2.05, 4.69) is 14.7 Å². The highest BCUT2D eigenvalue weighted by Gasteiger charge is 2.36. The zero-order valence-corrected chi connectivity index (χ0v) is 11.2. The Morgan fingerprint density at radius 3 is 2.83 bits per heavy atom. The number of ether oxygens (including phenoxy) is 1. The molecule has 0 aromatic carbocycles. The molecule has 2 unspecified atom stereocenters.